The van der Waals surface area contributed by atoms with Gasteiger partial charge in [0.25, 0.3) is 0 Å². The second kappa shape index (κ2) is 5.62. The van der Waals surface area contributed by atoms with Gasteiger partial charge in [-0.1, -0.05) is 12.1 Å². The predicted octanol–water partition coefficient (Wildman–Crippen LogP) is 2.86. The van der Waals surface area contributed by atoms with Gasteiger partial charge in [0.15, 0.2) is 0 Å². The molecule has 0 fully saturated rings. The fraction of sp³-hybridized carbons (Fsp3) is 0.250. The molecular formula is C16H18N2O3S. The van der Waals surface area contributed by atoms with Gasteiger partial charge in [0.05, 0.1) is 12.4 Å². The largest absolute Gasteiger partial charge is 0.457 e. The minimum absolute atomic E-state index is 0.255. The van der Waals surface area contributed by atoms with Crippen LogP contribution >= 0.6 is 0 Å². The van der Waals surface area contributed by atoms with Gasteiger partial charge in [-0.05, 0) is 43.7 Å². The van der Waals surface area contributed by atoms with Crippen molar-refractivity contribution < 1.29 is 13.2 Å². The van der Waals surface area contributed by atoms with E-state index in [1.807, 2.05) is 43.0 Å². The van der Waals surface area contributed by atoms with E-state index < -0.39 is 10.0 Å². The highest BCUT2D eigenvalue weighted by Gasteiger charge is 2.27. The molecule has 5 nitrogen and oxygen atoms in total. The molecule has 22 heavy (non-hydrogen) atoms. The molecule has 2 aromatic rings. The van der Waals surface area contributed by atoms with Crippen molar-refractivity contribution in [2.75, 3.05) is 18.1 Å². The molecule has 0 unspecified atom stereocenters. The van der Waals surface area contributed by atoms with Crippen LogP contribution in [0.5, 0.6) is 11.5 Å². The number of nitrogens with one attached hydrogen (secondary N) is 1. The molecule has 1 N–H and O–H groups in total. The van der Waals surface area contributed by atoms with E-state index in [0.717, 1.165) is 12.1 Å². The fourth-order valence-corrected chi connectivity index (χ4v) is 3.68. The quantitative estimate of drug-likeness (QED) is 0.945. The summed E-state index contributed by atoms with van der Waals surface area (Å²) in [5.74, 6) is 1.20. The standard InChI is InChI=1S/C16H18N2O3S/c1-3-18-11-17-22(19,20)16-10-14(7-8-15(16)18)21-13-6-4-5-12(2)9-13/h4-10,17H,3,11H2,1-2H3. The topological polar surface area (TPSA) is 58.6 Å². The van der Waals surface area contributed by atoms with Crippen LogP contribution in [0.4, 0.5) is 5.69 Å². The molecule has 0 amide bonds. The van der Waals surface area contributed by atoms with Crippen LogP contribution in [0.3, 0.4) is 0 Å². The Kier molecular flexibility index (Phi) is 3.80. The van der Waals surface area contributed by atoms with E-state index in [4.69, 9.17) is 4.74 Å². The lowest BCUT2D eigenvalue weighted by atomic mass is 10.2. The summed E-state index contributed by atoms with van der Waals surface area (Å²) in [4.78, 5) is 2.22. The SMILES string of the molecule is CCN1CNS(=O)(=O)c2cc(Oc3cccc(C)c3)ccc21. The Balaban J connectivity index is 1.99. The van der Waals surface area contributed by atoms with Crippen LogP contribution < -0.4 is 14.4 Å². The van der Waals surface area contributed by atoms with Crippen LogP contribution in [0.15, 0.2) is 47.4 Å². The zero-order valence-electron chi connectivity index (χ0n) is 12.5. The number of fused-ring (bicyclic) bond motifs is 1. The minimum atomic E-state index is -3.48. The van der Waals surface area contributed by atoms with Gasteiger partial charge in [-0.3, -0.25) is 0 Å². The highest BCUT2D eigenvalue weighted by Crippen LogP contribution is 2.33. The van der Waals surface area contributed by atoms with Crippen LogP contribution in [-0.2, 0) is 10.0 Å². The normalized spacial score (nSPS) is 16.2. The Morgan fingerprint density at radius 3 is 2.68 bits per heavy atom. The van der Waals surface area contributed by atoms with Gasteiger partial charge in [0.2, 0.25) is 10.0 Å². The van der Waals surface area contributed by atoms with Gasteiger partial charge in [-0.2, -0.15) is 4.72 Å². The predicted molar refractivity (Wildman–Crippen MR) is 85.9 cm³/mol. The molecule has 116 valence electrons. The van der Waals surface area contributed by atoms with Crippen molar-refractivity contribution in [3.63, 3.8) is 0 Å². The van der Waals surface area contributed by atoms with Gasteiger partial charge >= 0.3 is 0 Å². The van der Waals surface area contributed by atoms with Crippen LogP contribution in [0.1, 0.15) is 12.5 Å². The third kappa shape index (κ3) is 2.80. The van der Waals surface area contributed by atoms with E-state index in [-0.39, 0.29) is 4.90 Å². The first-order valence-corrected chi connectivity index (χ1v) is 8.61. The second-order valence-corrected chi connectivity index (χ2v) is 6.95. The molecule has 2 aromatic carbocycles. The van der Waals surface area contributed by atoms with Gasteiger partial charge in [-0.25, -0.2) is 8.42 Å². The lowest BCUT2D eigenvalue weighted by Gasteiger charge is -2.30. The third-order valence-electron chi connectivity index (χ3n) is 3.61. The number of hydrogen-bond acceptors (Lipinski definition) is 4. The molecule has 6 heteroatoms. The number of hydrogen-bond donors (Lipinski definition) is 1. The Morgan fingerprint density at radius 1 is 1.18 bits per heavy atom. The Morgan fingerprint density at radius 2 is 1.95 bits per heavy atom. The summed E-state index contributed by atoms with van der Waals surface area (Å²) in [7, 11) is -3.48. The number of rotatable bonds is 3. The van der Waals surface area contributed by atoms with E-state index in [2.05, 4.69) is 4.72 Å². The van der Waals surface area contributed by atoms with Gasteiger partial charge < -0.3 is 9.64 Å². The molecule has 0 aliphatic carbocycles. The van der Waals surface area contributed by atoms with E-state index in [1.54, 1.807) is 18.2 Å². The number of benzene rings is 2. The lowest BCUT2D eigenvalue weighted by Crippen LogP contribution is -2.42. The lowest BCUT2D eigenvalue weighted by molar-refractivity contribution is 0.479. The highest BCUT2D eigenvalue weighted by atomic mass is 32.2. The van der Waals surface area contributed by atoms with Crippen LogP contribution in [-0.4, -0.2) is 21.6 Å². The average Bonchev–Trinajstić information content (AvgIpc) is 2.48. The molecular weight excluding hydrogens is 300 g/mol. The maximum atomic E-state index is 12.2. The summed E-state index contributed by atoms with van der Waals surface area (Å²) in [6, 6.07) is 12.8. The monoisotopic (exact) mass is 318 g/mol. The smallest absolute Gasteiger partial charge is 0.244 e. The summed E-state index contributed by atoms with van der Waals surface area (Å²) in [6.45, 7) is 4.99. The molecule has 0 atom stereocenters. The Labute approximate surface area is 130 Å². The van der Waals surface area contributed by atoms with E-state index in [9.17, 15) is 8.42 Å². The van der Waals surface area contributed by atoms with Crippen molar-refractivity contribution in [2.24, 2.45) is 0 Å². The molecule has 0 bridgehead atoms. The van der Waals surface area contributed by atoms with E-state index in [0.29, 0.717) is 23.9 Å². The molecule has 0 saturated carbocycles. The fourth-order valence-electron chi connectivity index (χ4n) is 2.46. The molecule has 0 spiro atoms. The number of aryl methyl sites for hydroxylation is 1. The van der Waals surface area contributed by atoms with Crippen molar-refractivity contribution in [2.45, 2.75) is 18.7 Å². The first-order valence-electron chi connectivity index (χ1n) is 7.13. The molecule has 0 saturated heterocycles. The summed E-state index contributed by atoms with van der Waals surface area (Å²) >= 11 is 0. The summed E-state index contributed by atoms with van der Waals surface area (Å²) in [6.07, 6.45) is 0. The van der Waals surface area contributed by atoms with Crippen LogP contribution in [0.2, 0.25) is 0 Å². The number of sulfonamides is 1. The summed E-state index contributed by atoms with van der Waals surface area (Å²) < 4.78 is 32.7. The average molecular weight is 318 g/mol. The van der Waals surface area contributed by atoms with E-state index >= 15 is 0 Å². The molecule has 1 heterocycles. The van der Waals surface area contributed by atoms with Gasteiger partial charge in [0.1, 0.15) is 16.4 Å². The minimum Gasteiger partial charge on any atom is -0.457 e. The molecule has 3 rings (SSSR count). The highest BCUT2D eigenvalue weighted by molar-refractivity contribution is 7.89. The third-order valence-corrected chi connectivity index (χ3v) is 5.03. The first kappa shape index (κ1) is 14.9. The second-order valence-electron chi connectivity index (χ2n) is 5.21. The zero-order chi connectivity index (χ0) is 15.7. The number of nitrogens with zero attached hydrogens (tertiary/aromatic N) is 1. The van der Waals surface area contributed by atoms with Crippen LogP contribution in [0.25, 0.3) is 0 Å². The Bertz CT molecular complexity index is 803. The van der Waals surface area contributed by atoms with Crippen LogP contribution in [0, 0.1) is 6.92 Å². The van der Waals surface area contributed by atoms with Gasteiger partial charge in [0, 0.05) is 12.6 Å². The number of ether oxygens (including phenoxy) is 1. The molecule has 0 radical (unpaired) electrons. The van der Waals surface area contributed by atoms with Crippen molar-refractivity contribution in [3.8, 4) is 11.5 Å². The zero-order valence-corrected chi connectivity index (χ0v) is 13.4. The van der Waals surface area contributed by atoms with Crippen molar-refractivity contribution >= 4 is 15.7 Å². The molecule has 1 aliphatic rings. The summed E-state index contributed by atoms with van der Waals surface area (Å²) in [5.41, 5.74) is 1.79. The van der Waals surface area contributed by atoms with Crippen molar-refractivity contribution in [1.29, 1.82) is 0 Å². The maximum absolute atomic E-state index is 12.2. The summed E-state index contributed by atoms with van der Waals surface area (Å²) in [5, 5.41) is 0. The Hall–Kier alpha value is -2.05. The molecule has 0 aromatic heterocycles. The van der Waals surface area contributed by atoms with Crippen molar-refractivity contribution in [1.82, 2.24) is 4.72 Å². The van der Waals surface area contributed by atoms with Crippen molar-refractivity contribution in [3.05, 3.63) is 48.0 Å². The van der Waals surface area contributed by atoms with Gasteiger partial charge in [-0.15, -0.1) is 0 Å². The van der Waals surface area contributed by atoms with E-state index in [1.165, 1.54) is 0 Å². The number of anilines is 1. The maximum Gasteiger partial charge on any atom is 0.244 e. The first-order chi connectivity index (χ1) is 10.5. The molecule has 1 aliphatic heterocycles.